The quantitative estimate of drug-likeness (QED) is 0.777. The highest BCUT2D eigenvalue weighted by Gasteiger charge is 2.50. The van der Waals surface area contributed by atoms with Gasteiger partial charge in [0.2, 0.25) is 0 Å². The van der Waals surface area contributed by atoms with Gasteiger partial charge in [0.05, 0.1) is 6.10 Å². The Labute approximate surface area is 99.0 Å². The molecule has 0 bridgehead atoms. The van der Waals surface area contributed by atoms with Crippen LogP contribution in [-0.4, -0.2) is 35.2 Å². The Morgan fingerprint density at radius 2 is 2.06 bits per heavy atom. The molecule has 3 aliphatic rings. The summed E-state index contributed by atoms with van der Waals surface area (Å²) in [5.41, 5.74) is 0.737. The first-order chi connectivity index (χ1) is 7.72. The summed E-state index contributed by atoms with van der Waals surface area (Å²) < 4.78 is 0. The third kappa shape index (κ3) is 1.91. The van der Waals surface area contributed by atoms with Crippen molar-refractivity contribution in [1.29, 1.82) is 0 Å². The molecule has 1 N–H and O–H groups in total. The van der Waals surface area contributed by atoms with E-state index in [1.807, 2.05) is 0 Å². The topological polar surface area (TPSA) is 23.5 Å². The number of hydrogen-bond donors (Lipinski definition) is 1. The van der Waals surface area contributed by atoms with Gasteiger partial charge in [-0.05, 0) is 56.4 Å². The summed E-state index contributed by atoms with van der Waals surface area (Å²) in [6, 6.07) is 0.689. The van der Waals surface area contributed by atoms with Gasteiger partial charge in [-0.3, -0.25) is 4.90 Å². The zero-order valence-corrected chi connectivity index (χ0v) is 10.5. The lowest BCUT2D eigenvalue weighted by atomic mass is 9.80. The van der Waals surface area contributed by atoms with Crippen molar-refractivity contribution in [2.24, 2.45) is 11.3 Å². The summed E-state index contributed by atoms with van der Waals surface area (Å²) in [5, 5.41) is 9.87. The molecular formula is C14H25NO. The molecule has 92 valence electrons. The summed E-state index contributed by atoms with van der Waals surface area (Å²) >= 11 is 0. The molecule has 2 aliphatic carbocycles. The smallest absolute Gasteiger partial charge is 0.0555 e. The maximum Gasteiger partial charge on any atom is 0.0555 e. The molecule has 0 aromatic carbocycles. The Morgan fingerprint density at radius 3 is 2.69 bits per heavy atom. The monoisotopic (exact) mass is 223 g/mol. The Bertz CT molecular complexity index is 261. The van der Waals surface area contributed by atoms with Gasteiger partial charge in [-0.1, -0.05) is 13.3 Å². The van der Waals surface area contributed by atoms with Gasteiger partial charge in [-0.25, -0.2) is 0 Å². The van der Waals surface area contributed by atoms with Gasteiger partial charge in [0.15, 0.2) is 0 Å². The first-order valence-corrected chi connectivity index (χ1v) is 7.14. The van der Waals surface area contributed by atoms with Crippen LogP contribution in [0.1, 0.15) is 51.9 Å². The maximum atomic E-state index is 9.87. The van der Waals surface area contributed by atoms with Crippen molar-refractivity contribution in [3.63, 3.8) is 0 Å². The first-order valence-electron chi connectivity index (χ1n) is 7.14. The summed E-state index contributed by atoms with van der Waals surface area (Å²) in [5.74, 6) is 0.845. The Kier molecular flexibility index (Phi) is 2.75. The van der Waals surface area contributed by atoms with E-state index >= 15 is 0 Å². The van der Waals surface area contributed by atoms with Gasteiger partial charge in [0.1, 0.15) is 0 Å². The summed E-state index contributed by atoms with van der Waals surface area (Å²) in [7, 11) is 0. The second-order valence-electron chi connectivity index (χ2n) is 6.42. The van der Waals surface area contributed by atoms with E-state index in [-0.39, 0.29) is 6.10 Å². The van der Waals surface area contributed by atoms with E-state index in [0.29, 0.717) is 6.04 Å². The van der Waals surface area contributed by atoms with Gasteiger partial charge in [-0.2, -0.15) is 0 Å². The molecule has 2 nitrogen and oxygen atoms in total. The maximum absolute atomic E-state index is 9.87. The van der Waals surface area contributed by atoms with Gasteiger partial charge >= 0.3 is 0 Å². The molecule has 0 aromatic heterocycles. The summed E-state index contributed by atoms with van der Waals surface area (Å²) in [4.78, 5) is 2.71. The number of rotatable bonds is 2. The lowest BCUT2D eigenvalue weighted by Gasteiger charge is -2.39. The molecule has 3 fully saturated rings. The van der Waals surface area contributed by atoms with E-state index < -0.39 is 0 Å². The fourth-order valence-corrected chi connectivity index (χ4v) is 3.95. The zero-order valence-electron chi connectivity index (χ0n) is 10.5. The standard InChI is InChI=1S/C14H25NO/c1-2-11-3-4-12(16)9-13(11)15-8-7-14(10-15)5-6-14/h11-13,16H,2-10H2,1H3. The predicted octanol–water partition coefficient (Wildman–Crippen LogP) is 2.41. The highest BCUT2D eigenvalue weighted by molar-refractivity contribution is 5.03. The molecule has 1 saturated heterocycles. The Hall–Kier alpha value is -0.0800. The average Bonchev–Trinajstić information content (AvgIpc) is 2.89. The van der Waals surface area contributed by atoms with Crippen molar-refractivity contribution in [2.75, 3.05) is 13.1 Å². The van der Waals surface area contributed by atoms with Gasteiger partial charge in [0, 0.05) is 12.6 Å². The highest BCUT2D eigenvalue weighted by atomic mass is 16.3. The van der Waals surface area contributed by atoms with E-state index in [1.54, 1.807) is 0 Å². The van der Waals surface area contributed by atoms with Crippen LogP contribution in [0, 0.1) is 11.3 Å². The van der Waals surface area contributed by atoms with Gasteiger partial charge in [0.25, 0.3) is 0 Å². The van der Waals surface area contributed by atoms with Gasteiger partial charge in [-0.15, -0.1) is 0 Å². The van der Waals surface area contributed by atoms with Crippen molar-refractivity contribution in [2.45, 2.75) is 64.0 Å². The van der Waals surface area contributed by atoms with Crippen LogP contribution in [0.5, 0.6) is 0 Å². The minimum absolute atomic E-state index is 0.0245. The molecule has 3 unspecified atom stereocenters. The largest absolute Gasteiger partial charge is 0.393 e. The molecule has 3 rings (SSSR count). The van der Waals surface area contributed by atoms with Crippen molar-refractivity contribution in [1.82, 2.24) is 4.90 Å². The molecule has 2 heteroatoms. The fraction of sp³-hybridized carbons (Fsp3) is 1.00. The molecule has 1 aliphatic heterocycles. The summed E-state index contributed by atoms with van der Waals surface area (Å²) in [6.07, 6.45) is 8.94. The molecule has 2 saturated carbocycles. The van der Waals surface area contributed by atoms with E-state index in [1.165, 1.54) is 45.2 Å². The van der Waals surface area contributed by atoms with Crippen LogP contribution in [0.4, 0.5) is 0 Å². The second-order valence-corrected chi connectivity index (χ2v) is 6.42. The molecule has 1 spiro atoms. The molecule has 0 aromatic rings. The van der Waals surface area contributed by atoms with E-state index in [2.05, 4.69) is 11.8 Å². The van der Waals surface area contributed by atoms with Crippen LogP contribution in [-0.2, 0) is 0 Å². The first kappa shape index (κ1) is 11.0. The van der Waals surface area contributed by atoms with Crippen molar-refractivity contribution < 1.29 is 5.11 Å². The fourth-order valence-electron chi connectivity index (χ4n) is 3.95. The van der Waals surface area contributed by atoms with E-state index in [0.717, 1.165) is 24.2 Å². The third-order valence-corrected chi connectivity index (χ3v) is 5.35. The van der Waals surface area contributed by atoms with Crippen LogP contribution in [0.2, 0.25) is 0 Å². The number of aliphatic hydroxyl groups excluding tert-OH is 1. The van der Waals surface area contributed by atoms with E-state index in [9.17, 15) is 5.11 Å². The van der Waals surface area contributed by atoms with Crippen LogP contribution < -0.4 is 0 Å². The molecular weight excluding hydrogens is 198 g/mol. The van der Waals surface area contributed by atoms with Crippen molar-refractivity contribution >= 4 is 0 Å². The normalized spacial score (nSPS) is 42.8. The summed E-state index contributed by atoms with van der Waals surface area (Å²) in [6.45, 7) is 4.95. The minimum atomic E-state index is -0.0245. The van der Waals surface area contributed by atoms with Crippen LogP contribution in [0.25, 0.3) is 0 Å². The van der Waals surface area contributed by atoms with Crippen molar-refractivity contribution in [3.05, 3.63) is 0 Å². The SMILES string of the molecule is CCC1CCC(O)CC1N1CCC2(CC2)C1. The molecule has 0 radical (unpaired) electrons. The Morgan fingerprint density at radius 1 is 1.25 bits per heavy atom. The lowest BCUT2D eigenvalue weighted by Crippen LogP contribution is -2.44. The molecule has 0 amide bonds. The van der Waals surface area contributed by atoms with Crippen LogP contribution in [0.3, 0.4) is 0 Å². The highest BCUT2D eigenvalue weighted by Crippen LogP contribution is 2.53. The van der Waals surface area contributed by atoms with Crippen molar-refractivity contribution in [3.8, 4) is 0 Å². The molecule has 3 atom stereocenters. The average molecular weight is 223 g/mol. The number of likely N-dealkylation sites (tertiary alicyclic amines) is 1. The number of nitrogens with zero attached hydrogens (tertiary/aromatic N) is 1. The number of hydrogen-bond acceptors (Lipinski definition) is 2. The predicted molar refractivity (Wildman–Crippen MR) is 65.3 cm³/mol. The Balaban J connectivity index is 1.66. The lowest BCUT2D eigenvalue weighted by molar-refractivity contribution is 0.0336. The zero-order chi connectivity index (χ0) is 11.2. The molecule has 16 heavy (non-hydrogen) atoms. The minimum Gasteiger partial charge on any atom is -0.393 e. The van der Waals surface area contributed by atoms with E-state index in [4.69, 9.17) is 0 Å². The third-order valence-electron chi connectivity index (χ3n) is 5.35. The molecule has 1 heterocycles. The van der Waals surface area contributed by atoms with Crippen LogP contribution >= 0.6 is 0 Å². The number of aliphatic hydroxyl groups is 1. The van der Waals surface area contributed by atoms with Gasteiger partial charge < -0.3 is 5.11 Å². The second kappa shape index (κ2) is 3.99. The van der Waals surface area contributed by atoms with Crippen LogP contribution in [0.15, 0.2) is 0 Å².